The van der Waals surface area contributed by atoms with E-state index in [2.05, 4.69) is 10.1 Å². The van der Waals surface area contributed by atoms with Gasteiger partial charge in [-0.15, -0.1) is 5.10 Å². The highest BCUT2D eigenvalue weighted by Gasteiger charge is 2.15. The van der Waals surface area contributed by atoms with Crippen molar-refractivity contribution in [3.8, 4) is 0 Å². The van der Waals surface area contributed by atoms with Gasteiger partial charge in [0.05, 0.1) is 0 Å². The summed E-state index contributed by atoms with van der Waals surface area (Å²) in [7, 11) is 0. The fourth-order valence-corrected chi connectivity index (χ4v) is 3.75. The van der Waals surface area contributed by atoms with Crippen molar-refractivity contribution in [2.45, 2.75) is 17.3 Å². The van der Waals surface area contributed by atoms with Crippen molar-refractivity contribution in [3.05, 3.63) is 93.6 Å². The molecule has 2 heterocycles. The van der Waals surface area contributed by atoms with Crippen molar-refractivity contribution in [3.63, 3.8) is 0 Å². The number of Topliss-reactive ketones (excluding diaryl/α,β-unsaturated/α-hetero) is 1. The molecule has 0 N–H and O–H groups in total. The van der Waals surface area contributed by atoms with Gasteiger partial charge in [-0.1, -0.05) is 53.7 Å². The molecule has 0 unspecified atom stereocenters. The minimum absolute atomic E-state index is 0.148. The average molecular weight is 411 g/mol. The molecule has 0 atom stereocenters. The van der Waals surface area contributed by atoms with E-state index in [9.17, 15) is 9.59 Å². The van der Waals surface area contributed by atoms with Gasteiger partial charge < -0.3 is 0 Å². The van der Waals surface area contributed by atoms with Crippen molar-refractivity contribution in [1.82, 2.24) is 19.2 Å². The van der Waals surface area contributed by atoms with Gasteiger partial charge in [-0.05, 0) is 29.8 Å². The van der Waals surface area contributed by atoms with E-state index in [-0.39, 0.29) is 18.0 Å². The van der Waals surface area contributed by atoms with Crippen LogP contribution >= 0.6 is 23.4 Å². The Morgan fingerprint density at radius 3 is 2.57 bits per heavy atom. The van der Waals surface area contributed by atoms with E-state index in [1.807, 2.05) is 30.3 Å². The van der Waals surface area contributed by atoms with Crippen LogP contribution in [0, 0.1) is 0 Å². The molecule has 0 saturated heterocycles. The molecule has 0 radical (unpaired) electrons. The Bertz CT molecular complexity index is 1190. The molecule has 4 rings (SSSR count). The molecule has 0 saturated carbocycles. The lowest BCUT2D eigenvalue weighted by atomic mass is 10.1. The molecule has 4 aromatic rings. The van der Waals surface area contributed by atoms with E-state index in [1.165, 1.54) is 20.8 Å². The Morgan fingerprint density at radius 1 is 1.07 bits per heavy atom. The molecule has 8 heteroatoms. The Hall–Kier alpha value is -2.90. The third kappa shape index (κ3) is 3.85. The van der Waals surface area contributed by atoms with Crippen LogP contribution in [0.5, 0.6) is 0 Å². The van der Waals surface area contributed by atoms with Crippen LogP contribution in [0.3, 0.4) is 0 Å². The summed E-state index contributed by atoms with van der Waals surface area (Å²) in [4.78, 5) is 29.5. The molecule has 0 amide bonds. The van der Waals surface area contributed by atoms with E-state index in [4.69, 9.17) is 11.6 Å². The zero-order chi connectivity index (χ0) is 19.5. The van der Waals surface area contributed by atoms with Crippen molar-refractivity contribution < 1.29 is 4.79 Å². The third-order valence-electron chi connectivity index (χ3n) is 4.15. The number of carbonyl (C=O) groups excluding carboxylic acids is 1. The van der Waals surface area contributed by atoms with Crippen LogP contribution in [0.1, 0.15) is 15.9 Å². The van der Waals surface area contributed by atoms with Gasteiger partial charge in [-0.25, -0.2) is 18.9 Å². The topological polar surface area (TPSA) is 69.3 Å². The van der Waals surface area contributed by atoms with E-state index in [0.717, 1.165) is 5.56 Å². The van der Waals surface area contributed by atoms with Crippen molar-refractivity contribution >= 4 is 34.8 Å². The second-order valence-electron chi connectivity index (χ2n) is 6.07. The Kier molecular flexibility index (Phi) is 5.27. The second kappa shape index (κ2) is 8.00. The Labute approximate surface area is 169 Å². The molecule has 0 aliphatic heterocycles. The first kappa shape index (κ1) is 18.5. The van der Waals surface area contributed by atoms with E-state index in [1.54, 1.807) is 36.7 Å². The standard InChI is InChI=1S/C20H15ClN4O2S/c21-16-8-6-15(7-9-16)17(26)12-25-20(27)24-11-10-22-19(18(24)23-25)28-13-14-4-2-1-3-5-14/h1-11H,12-13H2. The lowest BCUT2D eigenvalue weighted by molar-refractivity contribution is 0.0966. The highest BCUT2D eigenvalue weighted by atomic mass is 35.5. The molecule has 2 aromatic heterocycles. The summed E-state index contributed by atoms with van der Waals surface area (Å²) in [5.74, 6) is 0.492. The largest absolute Gasteiger partial charge is 0.350 e. The van der Waals surface area contributed by atoms with Gasteiger partial charge in [0.15, 0.2) is 11.4 Å². The molecule has 0 spiro atoms. The van der Waals surface area contributed by atoms with Gasteiger partial charge in [-0.2, -0.15) is 0 Å². The molecule has 0 aliphatic carbocycles. The predicted molar refractivity (Wildman–Crippen MR) is 109 cm³/mol. The van der Waals surface area contributed by atoms with Crippen LogP contribution in [0.25, 0.3) is 5.65 Å². The maximum atomic E-state index is 12.6. The maximum Gasteiger partial charge on any atom is 0.350 e. The number of nitrogens with zero attached hydrogens (tertiary/aromatic N) is 4. The quantitative estimate of drug-likeness (QED) is 0.358. The van der Waals surface area contributed by atoms with Crippen LogP contribution < -0.4 is 5.69 Å². The van der Waals surface area contributed by atoms with E-state index < -0.39 is 0 Å². The molecule has 0 fully saturated rings. The summed E-state index contributed by atoms with van der Waals surface area (Å²) in [6, 6.07) is 16.5. The number of hydrogen-bond donors (Lipinski definition) is 0. The van der Waals surface area contributed by atoms with Gasteiger partial charge in [-0.3, -0.25) is 4.79 Å². The molecule has 2 aromatic carbocycles. The summed E-state index contributed by atoms with van der Waals surface area (Å²) in [6.07, 6.45) is 3.12. The highest BCUT2D eigenvalue weighted by Crippen LogP contribution is 2.23. The zero-order valence-electron chi connectivity index (χ0n) is 14.7. The predicted octanol–water partition coefficient (Wildman–Crippen LogP) is 3.72. The number of aromatic nitrogens is 4. The molecule has 28 heavy (non-hydrogen) atoms. The van der Waals surface area contributed by atoms with Crippen molar-refractivity contribution in [2.24, 2.45) is 0 Å². The molecule has 0 bridgehead atoms. The van der Waals surface area contributed by atoms with Gasteiger partial charge in [0, 0.05) is 28.7 Å². The fraction of sp³-hybridized carbons (Fsp3) is 0.100. The Morgan fingerprint density at radius 2 is 1.82 bits per heavy atom. The number of carbonyl (C=O) groups is 1. The summed E-state index contributed by atoms with van der Waals surface area (Å²) in [6.45, 7) is -0.148. The molecular formula is C20H15ClN4O2S. The monoisotopic (exact) mass is 410 g/mol. The first-order chi connectivity index (χ1) is 13.6. The van der Waals surface area contributed by atoms with Crippen LogP contribution in [-0.2, 0) is 12.3 Å². The third-order valence-corrected chi connectivity index (χ3v) is 5.44. The van der Waals surface area contributed by atoms with Crippen LogP contribution in [-0.4, -0.2) is 24.9 Å². The average Bonchev–Trinajstić information content (AvgIpc) is 3.04. The number of halogens is 1. The number of hydrogen-bond acceptors (Lipinski definition) is 5. The van der Waals surface area contributed by atoms with Gasteiger partial charge in [0.25, 0.3) is 0 Å². The fourth-order valence-electron chi connectivity index (χ4n) is 2.72. The number of benzene rings is 2. The lowest BCUT2D eigenvalue weighted by Gasteiger charge is -2.02. The van der Waals surface area contributed by atoms with E-state index >= 15 is 0 Å². The van der Waals surface area contributed by atoms with Crippen molar-refractivity contribution in [2.75, 3.05) is 0 Å². The van der Waals surface area contributed by atoms with Crippen LogP contribution in [0.4, 0.5) is 0 Å². The summed E-state index contributed by atoms with van der Waals surface area (Å²) in [5.41, 5.74) is 1.69. The van der Waals surface area contributed by atoms with Crippen molar-refractivity contribution in [1.29, 1.82) is 0 Å². The number of fused-ring (bicyclic) bond motifs is 1. The lowest BCUT2D eigenvalue weighted by Crippen LogP contribution is -2.25. The minimum atomic E-state index is -0.374. The van der Waals surface area contributed by atoms with Gasteiger partial charge in [0.1, 0.15) is 11.6 Å². The number of rotatable bonds is 6. The smallest absolute Gasteiger partial charge is 0.292 e. The van der Waals surface area contributed by atoms with E-state index in [0.29, 0.717) is 27.0 Å². The molecule has 140 valence electrons. The summed E-state index contributed by atoms with van der Waals surface area (Å²) < 4.78 is 2.58. The number of thioether (sulfide) groups is 1. The summed E-state index contributed by atoms with van der Waals surface area (Å²) in [5, 5.41) is 5.53. The van der Waals surface area contributed by atoms with Crippen LogP contribution in [0.2, 0.25) is 5.02 Å². The van der Waals surface area contributed by atoms with Gasteiger partial charge >= 0.3 is 5.69 Å². The zero-order valence-corrected chi connectivity index (χ0v) is 16.2. The summed E-state index contributed by atoms with van der Waals surface area (Å²) >= 11 is 7.35. The maximum absolute atomic E-state index is 12.6. The first-order valence-electron chi connectivity index (χ1n) is 8.51. The molecule has 6 nitrogen and oxygen atoms in total. The molecular weight excluding hydrogens is 396 g/mol. The number of ketones is 1. The Balaban J connectivity index is 1.60. The highest BCUT2D eigenvalue weighted by molar-refractivity contribution is 7.98. The normalized spacial score (nSPS) is 11.0. The SMILES string of the molecule is O=C(Cn1nc2c(SCc3ccccc3)nccn2c1=O)c1ccc(Cl)cc1. The molecule has 0 aliphatic rings. The van der Waals surface area contributed by atoms with Crippen LogP contribution in [0.15, 0.2) is 76.8 Å². The first-order valence-corrected chi connectivity index (χ1v) is 9.88. The second-order valence-corrected chi connectivity index (χ2v) is 7.47. The minimum Gasteiger partial charge on any atom is -0.292 e. The van der Waals surface area contributed by atoms with Gasteiger partial charge in [0.2, 0.25) is 0 Å².